The Morgan fingerprint density at radius 3 is 2.83 bits per heavy atom. The number of hydrogen-bond acceptors (Lipinski definition) is 7. The summed E-state index contributed by atoms with van der Waals surface area (Å²) in [7, 11) is -3.64. The number of amides is 1. The van der Waals surface area contributed by atoms with Crippen LogP contribution in [0.3, 0.4) is 0 Å². The van der Waals surface area contributed by atoms with Gasteiger partial charge in [-0.25, -0.2) is 13.4 Å². The van der Waals surface area contributed by atoms with Gasteiger partial charge in [-0.3, -0.25) is 9.52 Å². The number of nitrogens with zero attached hydrogens (tertiary/aromatic N) is 1. The summed E-state index contributed by atoms with van der Waals surface area (Å²) >= 11 is 2.80. The summed E-state index contributed by atoms with van der Waals surface area (Å²) in [5.41, 5.74) is 1.24. The van der Waals surface area contributed by atoms with Crippen LogP contribution in [0.15, 0.2) is 57.8 Å². The van der Waals surface area contributed by atoms with Crippen LogP contribution in [0.5, 0.6) is 0 Å². The third-order valence-corrected chi connectivity index (χ3v) is 8.11. The van der Waals surface area contributed by atoms with Gasteiger partial charge in [-0.1, -0.05) is 30.0 Å². The molecule has 0 saturated carbocycles. The molecule has 0 bridgehead atoms. The second-order valence-corrected chi connectivity index (χ2v) is 10.7. The Hall–Kier alpha value is -2.14. The van der Waals surface area contributed by atoms with Crippen LogP contribution in [0, 0.1) is 0 Å². The molecule has 1 saturated heterocycles. The normalized spacial score (nSPS) is 16.6. The van der Waals surface area contributed by atoms with Crippen molar-refractivity contribution in [3.8, 4) is 0 Å². The smallest absolute Gasteiger partial charge is 0.261 e. The topological polar surface area (TPSA) is 97.4 Å². The van der Waals surface area contributed by atoms with Gasteiger partial charge in [0.2, 0.25) is 5.91 Å². The Kier molecular flexibility index (Phi) is 6.57. The molecule has 158 valence electrons. The summed E-state index contributed by atoms with van der Waals surface area (Å²) in [6, 6.07) is 13.4. The molecule has 3 aromatic rings. The fourth-order valence-corrected chi connectivity index (χ4v) is 6.06. The van der Waals surface area contributed by atoms with E-state index in [1.807, 2.05) is 0 Å². The number of fused-ring (bicyclic) bond motifs is 1. The van der Waals surface area contributed by atoms with Crippen molar-refractivity contribution in [2.75, 3.05) is 23.6 Å². The van der Waals surface area contributed by atoms with Crippen molar-refractivity contribution >= 4 is 54.9 Å². The van der Waals surface area contributed by atoms with Crippen LogP contribution in [0.2, 0.25) is 0 Å². The number of benzene rings is 2. The highest BCUT2D eigenvalue weighted by molar-refractivity contribution is 8.01. The molecule has 30 heavy (non-hydrogen) atoms. The minimum atomic E-state index is -3.64. The van der Waals surface area contributed by atoms with Crippen molar-refractivity contribution in [2.24, 2.45) is 0 Å². The Balaban J connectivity index is 1.37. The van der Waals surface area contributed by atoms with Gasteiger partial charge >= 0.3 is 0 Å². The highest BCUT2D eigenvalue weighted by atomic mass is 32.2. The summed E-state index contributed by atoms with van der Waals surface area (Å²) in [5.74, 6) is 0.228. The van der Waals surface area contributed by atoms with E-state index in [2.05, 4.69) is 15.0 Å². The van der Waals surface area contributed by atoms with Gasteiger partial charge in [0.1, 0.15) is 0 Å². The second kappa shape index (κ2) is 9.34. The molecule has 1 unspecified atom stereocenters. The molecular weight excluding hydrogens is 442 g/mol. The number of ether oxygens (including phenoxy) is 1. The number of nitrogens with one attached hydrogen (secondary N) is 2. The van der Waals surface area contributed by atoms with Crippen molar-refractivity contribution in [1.29, 1.82) is 0 Å². The first-order valence-corrected chi connectivity index (χ1v) is 12.8. The van der Waals surface area contributed by atoms with Gasteiger partial charge in [0, 0.05) is 13.2 Å². The number of thiazole rings is 1. The first kappa shape index (κ1) is 21.1. The number of hydrogen-bond donors (Lipinski definition) is 2. The van der Waals surface area contributed by atoms with Gasteiger partial charge in [-0.2, -0.15) is 0 Å². The number of carbonyl (C=O) groups is 1. The monoisotopic (exact) mass is 463 g/mol. The fourth-order valence-electron chi connectivity index (χ4n) is 3.05. The van der Waals surface area contributed by atoms with Crippen LogP contribution in [0.1, 0.15) is 12.8 Å². The molecule has 10 heteroatoms. The van der Waals surface area contributed by atoms with E-state index in [9.17, 15) is 13.2 Å². The fraction of sp³-hybridized carbons (Fsp3) is 0.300. The van der Waals surface area contributed by atoms with E-state index in [-0.39, 0.29) is 22.7 Å². The maximum atomic E-state index is 12.5. The van der Waals surface area contributed by atoms with Crippen LogP contribution in [0.25, 0.3) is 10.2 Å². The largest absolute Gasteiger partial charge is 0.376 e. The molecule has 0 aliphatic carbocycles. The van der Waals surface area contributed by atoms with E-state index in [1.54, 1.807) is 48.5 Å². The molecule has 2 heterocycles. The average Bonchev–Trinajstić information content (AvgIpc) is 3.40. The van der Waals surface area contributed by atoms with E-state index in [0.29, 0.717) is 12.2 Å². The maximum Gasteiger partial charge on any atom is 0.261 e. The van der Waals surface area contributed by atoms with Gasteiger partial charge in [0.25, 0.3) is 10.0 Å². The quantitative estimate of drug-likeness (QED) is 0.497. The zero-order chi connectivity index (χ0) is 21.0. The molecule has 2 N–H and O–H groups in total. The average molecular weight is 464 g/mol. The van der Waals surface area contributed by atoms with E-state index in [1.165, 1.54) is 23.1 Å². The summed E-state index contributed by atoms with van der Waals surface area (Å²) in [6.45, 7) is 1.31. The lowest BCUT2D eigenvalue weighted by molar-refractivity contribution is -0.119. The molecule has 1 aromatic heterocycles. The third kappa shape index (κ3) is 5.31. The number of sulfonamides is 1. The number of thioether (sulfide) groups is 1. The van der Waals surface area contributed by atoms with Crippen LogP contribution in [-0.4, -0.2) is 44.3 Å². The van der Waals surface area contributed by atoms with Crippen LogP contribution < -0.4 is 10.0 Å². The van der Waals surface area contributed by atoms with Crippen LogP contribution >= 0.6 is 23.1 Å². The minimum Gasteiger partial charge on any atom is -0.376 e. The van der Waals surface area contributed by atoms with E-state index >= 15 is 0 Å². The Morgan fingerprint density at radius 1 is 1.23 bits per heavy atom. The van der Waals surface area contributed by atoms with Gasteiger partial charge < -0.3 is 10.1 Å². The Morgan fingerprint density at radius 2 is 2.07 bits per heavy atom. The molecule has 1 atom stereocenters. The van der Waals surface area contributed by atoms with Gasteiger partial charge in [-0.05, 0) is 43.2 Å². The van der Waals surface area contributed by atoms with Crippen molar-refractivity contribution in [3.63, 3.8) is 0 Å². The van der Waals surface area contributed by atoms with Crippen molar-refractivity contribution < 1.29 is 17.9 Å². The number of aromatic nitrogens is 1. The molecule has 4 rings (SSSR count). The second-order valence-electron chi connectivity index (χ2n) is 6.81. The van der Waals surface area contributed by atoms with Gasteiger partial charge in [0.15, 0.2) is 4.34 Å². The molecule has 0 radical (unpaired) electrons. The highest BCUT2D eigenvalue weighted by Crippen LogP contribution is 2.31. The predicted octanol–water partition coefficient (Wildman–Crippen LogP) is 3.48. The maximum absolute atomic E-state index is 12.5. The van der Waals surface area contributed by atoms with E-state index < -0.39 is 10.0 Å². The summed E-state index contributed by atoms with van der Waals surface area (Å²) in [5, 5.41) is 2.89. The first-order valence-electron chi connectivity index (χ1n) is 9.49. The summed E-state index contributed by atoms with van der Waals surface area (Å²) < 4.78 is 34.7. The van der Waals surface area contributed by atoms with Crippen molar-refractivity contribution in [2.45, 2.75) is 28.2 Å². The van der Waals surface area contributed by atoms with E-state index in [4.69, 9.17) is 4.74 Å². The van der Waals surface area contributed by atoms with Crippen molar-refractivity contribution in [3.05, 3.63) is 48.5 Å². The highest BCUT2D eigenvalue weighted by Gasteiger charge is 2.17. The van der Waals surface area contributed by atoms with Crippen LogP contribution in [0.4, 0.5) is 5.69 Å². The summed E-state index contributed by atoms with van der Waals surface area (Å²) in [4.78, 5) is 16.8. The number of anilines is 1. The number of rotatable bonds is 8. The molecule has 7 nitrogen and oxygen atoms in total. The minimum absolute atomic E-state index is 0.0499. The molecular formula is C20H21N3O4S3. The lowest BCUT2D eigenvalue weighted by Gasteiger charge is -2.09. The predicted molar refractivity (Wildman–Crippen MR) is 120 cm³/mol. The Labute approximate surface area is 183 Å². The molecule has 1 amide bonds. The zero-order valence-electron chi connectivity index (χ0n) is 16.0. The van der Waals surface area contributed by atoms with Crippen LogP contribution in [-0.2, 0) is 19.6 Å². The number of carbonyl (C=O) groups excluding carboxylic acids is 1. The molecule has 1 fully saturated rings. The summed E-state index contributed by atoms with van der Waals surface area (Å²) in [6.07, 6.45) is 2.16. The Bertz CT molecular complexity index is 1130. The van der Waals surface area contributed by atoms with Gasteiger partial charge in [-0.15, -0.1) is 11.3 Å². The molecule has 2 aromatic carbocycles. The van der Waals surface area contributed by atoms with Gasteiger partial charge in [0.05, 0.1) is 32.7 Å². The van der Waals surface area contributed by atoms with Crippen molar-refractivity contribution in [1.82, 2.24) is 10.3 Å². The van der Waals surface area contributed by atoms with E-state index in [0.717, 1.165) is 34.0 Å². The standard InChI is InChI=1S/C20H21N3O4S3/c24-19(21-12-15-5-4-10-27-15)13-28-20-22-17-9-8-14(11-18(17)29-20)23-30(25,26)16-6-2-1-3-7-16/h1-3,6-9,11,15,23H,4-5,10,12-13H2,(H,21,24). The third-order valence-electron chi connectivity index (χ3n) is 4.55. The molecule has 1 aliphatic heterocycles. The zero-order valence-corrected chi connectivity index (χ0v) is 18.5. The molecule has 0 spiro atoms. The lowest BCUT2D eigenvalue weighted by atomic mass is 10.2. The lowest BCUT2D eigenvalue weighted by Crippen LogP contribution is -2.32. The SMILES string of the molecule is O=C(CSc1nc2ccc(NS(=O)(=O)c3ccccc3)cc2s1)NCC1CCCO1. The first-order chi connectivity index (χ1) is 14.5. The molecule has 1 aliphatic rings.